The largest absolute Gasteiger partial charge is 0.309 e. The number of aryl methyl sites for hydroxylation is 1. The molecule has 132 valence electrons. The molecular formula is C24H20NOP. The molecule has 0 radical (unpaired) electrons. The summed E-state index contributed by atoms with van der Waals surface area (Å²) in [6, 6.07) is 31.4. The van der Waals surface area contributed by atoms with Crippen molar-refractivity contribution in [1.82, 2.24) is 4.98 Å². The topological polar surface area (TPSA) is 30.0 Å². The lowest BCUT2D eigenvalue weighted by Gasteiger charge is -2.20. The number of hydrogen-bond donors (Lipinski definition) is 0. The first-order valence-electron chi connectivity index (χ1n) is 8.93. The molecule has 0 aliphatic heterocycles. The molecule has 0 bridgehead atoms. The Morgan fingerprint density at radius 3 is 1.85 bits per heavy atom. The van der Waals surface area contributed by atoms with Gasteiger partial charge in [-0.3, -0.25) is 4.98 Å². The standard InChI is InChI=1S/C24H20NOP/c1-19-10-9-17-25-24(19)20-11-8-16-23(18-20)27(26,21-12-4-2-5-13-21)22-14-6-3-7-15-22/h2-18H,1H3. The Balaban J connectivity index is 1.94. The lowest BCUT2D eigenvalue weighted by Crippen LogP contribution is -2.25. The van der Waals surface area contributed by atoms with Crippen LogP contribution in [0.15, 0.2) is 103 Å². The summed E-state index contributed by atoms with van der Waals surface area (Å²) in [4.78, 5) is 4.53. The molecule has 0 amide bonds. The van der Waals surface area contributed by atoms with Gasteiger partial charge in [-0.05, 0) is 24.6 Å². The Kier molecular flexibility index (Phi) is 4.75. The van der Waals surface area contributed by atoms with Gasteiger partial charge in [0.15, 0.2) is 7.14 Å². The molecule has 0 unspecified atom stereocenters. The second-order valence-electron chi connectivity index (χ2n) is 6.50. The summed E-state index contributed by atoms with van der Waals surface area (Å²) in [5.74, 6) is 0. The van der Waals surface area contributed by atoms with Gasteiger partial charge in [0.1, 0.15) is 0 Å². The molecule has 0 N–H and O–H groups in total. The fourth-order valence-electron chi connectivity index (χ4n) is 3.36. The van der Waals surface area contributed by atoms with E-state index >= 15 is 0 Å². The van der Waals surface area contributed by atoms with E-state index < -0.39 is 7.14 Å². The molecule has 2 nitrogen and oxygen atoms in total. The highest BCUT2D eigenvalue weighted by atomic mass is 31.2. The van der Waals surface area contributed by atoms with E-state index in [0.717, 1.165) is 32.7 Å². The normalized spacial score (nSPS) is 11.3. The van der Waals surface area contributed by atoms with Gasteiger partial charge in [0.2, 0.25) is 0 Å². The van der Waals surface area contributed by atoms with Gasteiger partial charge in [-0.1, -0.05) is 84.9 Å². The van der Waals surface area contributed by atoms with Gasteiger partial charge >= 0.3 is 0 Å². The molecule has 0 atom stereocenters. The van der Waals surface area contributed by atoms with Gasteiger partial charge in [0, 0.05) is 27.7 Å². The Labute approximate surface area is 159 Å². The highest BCUT2D eigenvalue weighted by molar-refractivity contribution is 7.85. The van der Waals surface area contributed by atoms with Gasteiger partial charge in [0.05, 0.1) is 5.69 Å². The first kappa shape index (κ1) is 17.5. The third kappa shape index (κ3) is 3.25. The van der Waals surface area contributed by atoms with Crippen LogP contribution in [-0.4, -0.2) is 4.98 Å². The molecule has 4 aromatic rings. The van der Waals surface area contributed by atoms with E-state index in [0.29, 0.717) is 0 Å². The van der Waals surface area contributed by atoms with E-state index in [9.17, 15) is 4.57 Å². The van der Waals surface area contributed by atoms with E-state index in [-0.39, 0.29) is 0 Å². The van der Waals surface area contributed by atoms with Crippen LogP contribution in [0.1, 0.15) is 5.56 Å². The second-order valence-corrected chi connectivity index (χ2v) is 9.27. The Morgan fingerprint density at radius 2 is 1.26 bits per heavy atom. The monoisotopic (exact) mass is 369 g/mol. The quantitative estimate of drug-likeness (QED) is 0.488. The summed E-state index contributed by atoms with van der Waals surface area (Å²) in [5.41, 5.74) is 3.01. The maximum Gasteiger partial charge on any atom is 0.171 e. The highest BCUT2D eigenvalue weighted by Gasteiger charge is 2.29. The van der Waals surface area contributed by atoms with Crippen molar-refractivity contribution in [1.29, 1.82) is 0 Å². The van der Waals surface area contributed by atoms with Crippen molar-refractivity contribution >= 4 is 23.1 Å². The van der Waals surface area contributed by atoms with Crippen molar-refractivity contribution < 1.29 is 4.57 Å². The zero-order valence-electron chi connectivity index (χ0n) is 15.1. The van der Waals surface area contributed by atoms with Crippen molar-refractivity contribution in [3.63, 3.8) is 0 Å². The third-order valence-electron chi connectivity index (χ3n) is 4.73. The van der Waals surface area contributed by atoms with Gasteiger partial charge in [-0.2, -0.15) is 0 Å². The van der Waals surface area contributed by atoms with Crippen LogP contribution in [0.2, 0.25) is 0 Å². The maximum absolute atomic E-state index is 14.5. The molecule has 1 heterocycles. The number of pyridine rings is 1. The Bertz CT molecular complexity index is 1060. The summed E-state index contributed by atoms with van der Waals surface area (Å²) in [6.45, 7) is 2.04. The van der Waals surface area contributed by atoms with E-state index in [4.69, 9.17) is 0 Å². The summed E-state index contributed by atoms with van der Waals surface area (Å²) >= 11 is 0. The van der Waals surface area contributed by atoms with Crippen molar-refractivity contribution in [3.8, 4) is 11.3 Å². The van der Waals surface area contributed by atoms with Crippen LogP contribution in [0.5, 0.6) is 0 Å². The third-order valence-corrected chi connectivity index (χ3v) is 7.79. The van der Waals surface area contributed by atoms with Crippen molar-refractivity contribution in [2.75, 3.05) is 0 Å². The van der Waals surface area contributed by atoms with Crippen LogP contribution in [0, 0.1) is 6.92 Å². The number of nitrogens with zero attached hydrogens (tertiary/aromatic N) is 1. The minimum atomic E-state index is -2.97. The van der Waals surface area contributed by atoms with Crippen LogP contribution >= 0.6 is 7.14 Å². The van der Waals surface area contributed by atoms with Crippen LogP contribution in [0.25, 0.3) is 11.3 Å². The minimum Gasteiger partial charge on any atom is -0.309 e. The van der Waals surface area contributed by atoms with Gasteiger partial charge in [0.25, 0.3) is 0 Å². The van der Waals surface area contributed by atoms with Crippen LogP contribution in [0.3, 0.4) is 0 Å². The molecule has 0 saturated heterocycles. The lowest BCUT2D eigenvalue weighted by atomic mass is 10.1. The average Bonchev–Trinajstić information content (AvgIpc) is 2.75. The lowest BCUT2D eigenvalue weighted by molar-refractivity contribution is 0.592. The van der Waals surface area contributed by atoms with Crippen molar-refractivity contribution in [2.45, 2.75) is 6.92 Å². The maximum atomic E-state index is 14.5. The first-order valence-corrected chi connectivity index (χ1v) is 10.6. The minimum absolute atomic E-state index is 0.822. The molecule has 3 heteroatoms. The van der Waals surface area contributed by atoms with Crippen LogP contribution in [-0.2, 0) is 4.57 Å². The zero-order chi connectivity index (χ0) is 18.7. The van der Waals surface area contributed by atoms with Gasteiger partial charge in [-0.25, -0.2) is 0 Å². The molecule has 0 spiro atoms. The molecule has 1 aromatic heterocycles. The van der Waals surface area contributed by atoms with Crippen LogP contribution in [0.4, 0.5) is 0 Å². The fourth-order valence-corrected chi connectivity index (χ4v) is 6.06. The summed E-state index contributed by atoms with van der Waals surface area (Å²) < 4.78 is 14.5. The van der Waals surface area contributed by atoms with E-state index in [2.05, 4.69) is 4.98 Å². The van der Waals surface area contributed by atoms with Crippen molar-refractivity contribution in [3.05, 3.63) is 109 Å². The average molecular weight is 369 g/mol. The number of aromatic nitrogens is 1. The fraction of sp³-hybridized carbons (Fsp3) is 0.0417. The number of hydrogen-bond acceptors (Lipinski definition) is 2. The molecule has 3 aromatic carbocycles. The van der Waals surface area contributed by atoms with Crippen molar-refractivity contribution in [2.24, 2.45) is 0 Å². The van der Waals surface area contributed by atoms with Gasteiger partial charge in [-0.15, -0.1) is 0 Å². The second kappa shape index (κ2) is 7.34. The first-order chi connectivity index (χ1) is 13.2. The molecule has 0 aliphatic carbocycles. The molecule has 27 heavy (non-hydrogen) atoms. The van der Waals surface area contributed by atoms with Crippen LogP contribution < -0.4 is 15.9 Å². The smallest absolute Gasteiger partial charge is 0.171 e. The zero-order valence-corrected chi connectivity index (χ0v) is 16.0. The van der Waals surface area contributed by atoms with E-state index in [1.54, 1.807) is 6.20 Å². The highest BCUT2D eigenvalue weighted by Crippen LogP contribution is 2.42. The number of benzene rings is 3. The van der Waals surface area contributed by atoms with E-state index in [1.165, 1.54) is 0 Å². The van der Waals surface area contributed by atoms with E-state index in [1.807, 2.05) is 104 Å². The number of rotatable bonds is 4. The predicted molar refractivity (Wildman–Crippen MR) is 114 cm³/mol. The molecule has 0 aliphatic rings. The summed E-state index contributed by atoms with van der Waals surface area (Å²) in [7, 11) is -2.97. The SMILES string of the molecule is Cc1cccnc1-c1cccc(P(=O)(c2ccccc2)c2ccccc2)c1. The summed E-state index contributed by atoms with van der Waals surface area (Å²) in [6.07, 6.45) is 1.79. The Hall–Kier alpha value is -2.96. The predicted octanol–water partition coefficient (Wildman–Crippen LogP) is 4.70. The molecule has 0 saturated carbocycles. The van der Waals surface area contributed by atoms with Gasteiger partial charge < -0.3 is 4.57 Å². The molecule has 4 rings (SSSR count). The molecule has 0 fully saturated rings. The Morgan fingerprint density at radius 1 is 0.667 bits per heavy atom. The summed E-state index contributed by atoms with van der Waals surface area (Å²) in [5, 5.41) is 2.50. The molecular weight excluding hydrogens is 349 g/mol.